The molecule has 0 atom stereocenters. The monoisotopic (exact) mass is 202 g/mol. The first-order chi connectivity index (χ1) is 6.59. The van der Waals surface area contributed by atoms with Gasteiger partial charge in [0, 0.05) is 33.0 Å². The van der Waals surface area contributed by atoms with Crippen LogP contribution >= 0.6 is 0 Å². The fourth-order valence-electron chi connectivity index (χ4n) is 1.62. The molecule has 0 unspecified atom stereocenters. The zero-order chi connectivity index (χ0) is 10.6. The molecule has 82 valence electrons. The summed E-state index contributed by atoms with van der Waals surface area (Å²) in [6.07, 6.45) is 1.35. The van der Waals surface area contributed by atoms with Crippen molar-refractivity contribution in [1.82, 2.24) is 10.6 Å². The van der Waals surface area contributed by atoms with Gasteiger partial charge in [0.1, 0.15) is 0 Å². The molecule has 14 heavy (non-hydrogen) atoms. The Kier molecular flexibility index (Phi) is 3.71. The molecule has 1 rings (SSSR count). The smallest absolute Gasteiger partial charge is 0.314 e. The number of carbonyl (C=O) groups is 1. The number of rotatable bonds is 4. The minimum atomic E-state index is -0.771. The molecule has 3 N–H and O–H groups in total. The lowest BCUT2D eigenvalue weighted by Crippen LogP contribution is -2.56. The lowest BCUT2D eigenvalue weighted by Gasteiger charge is -2.43. The van der Waals surface area contributed by atoms with E-state index in [0.717, 1.165) is 0 Å². The van der Waals surface area contributed by atoms with Crippen molar-refractivity contribution in [3.8, 4) is 0 Å². The van der Waals surface area contributed by atoms with Gasteiger partial charge in [-0.2, -0.15) is 0 Å². The van der Waals surface area contributed by atoms with E-state index in [9.17, 15) is 9.90 Å². The van der Waals surface area contributed by atoms with E-state index in [1.54, 1.807) is 7.05 Å². The van der Waals surface area contributed by atoms with Crippen LogP contribution in [0.1, 0.15) is 19.8 Å². The van der Waals surface area contributed by atoms with Crippen molar-refractivity contribution in [3.63, 3.8) is 0 Å². The van der Waals surface area contributed by atoms with Gasteiger partial charge in [-0.1, -0.05) is 0 Å². The lowest BCUT2D eigenvalue weighted by atomic mass is 9.77. The molecule has 0 saturated heterocycles. The normalized spacial score (nSPS) is 30.6. The van der Waals surface area contributed by atoms with Crippen molar-refractivity contribution in [2.45, 2.75) is 31.5 Å². The van der Waals surface area contributed by atoms with Crippen molar-refractivity contribution in [2.24, 2.45) is 0 Å². The predicted molar refractivity (Wildman–Crippen MR) is 52.1 cm³/mol. The van der Waals surface area contributed by atoms with Crippen LogP contribution in [-0.4, -0.2) is 43.0 Å². The van der Waals surface area contributed by atoms with Crippen LogP contribution in [0.15, 0.2) is 0 Å². The summed E-state index contributed by atoms with van der Waals surface area (Å²) in [5.41, 5.74) is -0.771. The Morgan fingerprint density at radius 3 is 2.79 bits per heavy atom. The standard InChI is InChI=1S/C9H18N2O3/c1-3-14-7-4-9(13,5-7)6-11-8(12)10-2/h7,13H,3-6H2,1-2H3,(H2,10,11,12). The molecular weight excluding hydrogens is 184 g/mol. The highest BCUT2D eigenvalue weighted by atomic mass is 16.5. The van der Waals surface area contributed by atoms with Crippen molar-refractivity contribution in [3.05, 3.63) is 0 Å². The van der Waals surface area contributed by atoms with Gasteiger partial charge in [0.05, 0.1) is 11.7 Å². The van der Waals surface area contributed by atoms with Crippen molar-refractivity contribution in [2.75, 3.05) is 20.2 Å². The van der Waals surface area contributed by atoms with Gasteiger partial charge < -0.3 is 20.5 Å². The second-order valence-corrected chi connectivity index (χ2v) is 3.64. The fourth-order valence-corrected chi connectivity index (χ4v) is 1.62. The molecular formula is C9H18N2O3. The summed E-state index contributed by atoms with van der Waals surface area (Å²) in [7, 11) is 1.54. The second kappa shape index (κ2) is 4.61. The number of ether oxygens (including phenoxy) is 1. The Morgan fingerprint density at radius 2 is 2.29 bits per heavy atom. The van der Waals surface area contributed by atoms with Crippen LogP contribution in [-0.2, 0) is 4.74 Å². The summed E-state index contributed by atoms with van der Waals surface area (Å²) in [6.45, 7) is 2.89. The minimum absolute atomic E-state index is 0.150. The fraction of sp³-hybridized carbons (Fsp3) is 0.889. The molecule has 0 aliphatic heterocycles. The molecule has 0 radical (unpaired) electrons. The molecule has 5 nitrogen and oxygen atoms in total. The van der Waals surface area contributed by atoms with Gasteiger partial charge in [-0.25, -0.2) is 4.79 Å². The number of hydrogen-bond acceptors (Lipinski definition) is 3. The van der Waals surface area contributed by atoms with Gasteiger partial charge in [0.2, 0.25) is 0 Å². The average molecular weight is 202 g/mol. The number of carbonyl (C=O) groups excluding carboxylic acids is 1. The van der Waals surface area contributed by atoms with E-state index < -0.39 is 5.60 Å². The molecule has 2 amide bonds. The Bertz CT molecular complexity index is 202. The van der Waals surface area contributed by atoms with E-state index in [1.807, 2.05) is 6.92 Å². The average Bonchev–Trinajstić information content (AvgIpc) is 2.12. The van der Waals surface area contributed by atoms with Crippen LogP contribution in [0.25, 0.3) is 0 Å². The van der Waals surface area contributed by atoms with Gasteiger partial charge in [0.15, 0.2) is 0 Å². The third-order valence-corrected chi connectivity index (χ3v) is 2.42. The maximum absolute atomic E-state index is 10.8. The van der Waals surface area contributed by atoms with Gasteiger partial charge in [-0.05, 0) is 6.92 Å². The van der Waals surface area contributed by atoms with E-state index in [4.69, 9.17) is 4.74 Å². The Labute approximate surface area is 83.8 Å². The highest BCUT2D eigenvalue weighted by Gasteiger charge is 2.43. The van der Waals surface area contributed by atoms with Gasteiger partial charge in [-0.3, -0.25) is 0 Å². The number of aliphatic hydroxyl groups is 1. The number of urea groups is 1. The zero-order valence-corrected chi connectivity index (χ0v) is 8.67. The third-order valence-electron chi connectivity index (χ3n) is 2.42. The Hall–Kier alpha value is -0.810. The van der Waals surface area contributed by atoms with Crippen LogP contribution in [0.5, 0.6) is 0 Å². The zero-order valence-electron chi connectivity index (χ0n) is 8.67. The molecule has 1 aliphatic rings. The maximum atomic E-state index is 10.8. The molecule has 0 aromatic carbocycles. The molecule has 5 heteroatoms. The van der Waals surface area contributed by atoms with Crippen LogP contribution in [0.2, 0.25) is 0 Å². The van der Waals surface area contributed by atoms with Gasteiger partial charge in [-0.15, -0.1) is 0 Å². The maximum Gasteiger partial charge on any atom is 0.314 e. The lowest BCUT2D eigenvalue weighted by molar-refractivity contribution is -0.133. The van der Waals surface area contributed by atoms with Crippen LogP contribution in [0, 0.1) is 0 Å². The molecule has 0 spiro atoms. The largest absolute Gasteiger partial charge is 0.388 e. The first-order valence-electron chi connectivity index (χ1n) is 4.89. The van der Waals surface area contributed by atoms with Gasteiger partial charge in [0.25, 0.3) is 0 Å². The van der Waals surface area contributed by atoms with Crippen molar-refractivity contribution >= 4 is 6.03 Å². The van der Waals surface area contributed by atoms with Crippen LogP contribution in [0.4, 0.5) is 4.79 Å². The van der Waals surface area contributed by atoms with E-state index >= 15 is 0 Å². The summed E-state index contributed by atoms with van der Waals surface area (Å²) in [4.78, 5) is 10.8. The molecule has 0 aromatic rings. The summed E-state index contributed by atoms with van der Waals surface area (Å²) in [5, 5.41) is 14.8. The van der Waals surface area contributed by atoms with Crippen LogP contribution < -0.4 is 10.6 Å². The topological polar surface area (TPSA) is 70.6 Å². The molecule has 0 heterocycles. The summed E-state index contributed by atoms with van der Waals surface area (Å²) in [6, 6.07) is -0.265. The Balaban J connectivity index is 2.17. The van der Waals surface area contributed by atoms with Crippen LogP contribution in [0.3, 0.4) is 0 Å². The predicted octanol–water partition coefficient (Wildman–Crippen LogP) is -0.155. The highest BCUT2D eigenvalue weighted by Crippen LogP contribution is 2.33. The van der Waals surface area contributed by atoms with E-state index in [2.05, 4.69) is 10.6 Å². The summed E-state index contributed by atoms with van der Waals surface area (Å²) >= 11 is 0. The second-order valence-electron chi connectivity index (χ2n) is 3.64. The van der Waals surface area contributed by atoms with E-state index in [-0.39, 0.29) is 18.7 Å². The summed E-state index contributed by atoms with van der Waals surface area (Å²) in [5.74, 6) is 0. The molecule has 0 aromatic heterocycles. The molecule has 1 fully saturated rings. The summed E-state index contributed by atoms with van der Waals surface area (Å²) < 4.78 is 5.32. The minimum Gasteiger partial charge on any atom is -0.388 e. The molecule has 1 saturated carbocycles. The molecule has 1 aliphatic carbocycles. The van der Waals surface area contributed by atoms with Crippen molar-refractivity contribution in [1.29, 1.82) is 0 Å². The van der Waals surface area contributed by atoms with Gasteiger partial charge >= 0.3 is 6.03 Å². The third kappa shape index (κ3) is 2.85. The van der Waals surface area contributed by atoms with E-state index in [1.165, 1.54) is 0 Å². The SMILES string of the molecule is CCOC1CC(O)(CNC(=O)NC)C1. The highest BCUT2D eigenvalue weighted by molar-refractivity contribution is 5.73. The first kappa shape index (κ1) is 11.3. The Morgan fingerprint density at radius 1 is 1.64 bits per heavy atom. The number of nitrogens with one attached hydrogen (secondary N) is 2. The van der Waals surface area contributed by atoms with Crippen molar-refractivity contribution < 1.29 is 14.6 Å². The number of hydrogen-bond donors (Lipinski definition) is 3. The first-order valence-corrected chi connectivity index (χ1v) is 4.89. The quantitative estimate of drug-likeness (QED) is 0.593. The molecule has 0 bridgehead atoms. The van der Waals surface area contributed by atoms with E-state index in [0.29, 0.717) is 19.4 Å². The number of amides is 2.